The number of hydrogen-bond donors (Lipinski definition) is 2. The second-order valence-corrected chi connectivity index (χ2v) is 5.18. The summed E-state index contributed by atoms with van der Waals surface area (Å²) in [5.41, 5.74) is 1.20. The first-order chi connectivity index (χ1) is 11.7. The van der Waals surface area contributed by atoms with Crippen molar-refractivity contribution in [2.75, 3.05) is 24.9 Å². The summed E-state index contributed by atoms with van der Waals surface area (Å²) in [6.45, 7) is 0. The summed E-state index contributed by atoms with van der Waals surface area (Å²) >= 11 is 0. The zero-order valence-electron chi connectivity index (χ0n) is 13.5. The van der Waals surface area contributed by atoms with Crippen molar-refractivity contribution in [2.24, 2.45) is 0 Å². The van der Waals surface area contributed by atoms with E-state index >= 15 is 0 Å². The van der Waals surface area contributed by atoms with E-state index in [2.05, 4.69) is 10.6 Å². The largest absolute Gasteiger partial charge is 0.494 e. The van der Waals surface area contributed by atoms with Gasteiger partial charge in [0.1, 0.15) is 17.2 Å². The van der Waals surface area contributed by atoms with Crippen LogP contribution in [0.5, 0.6) is 11.5 Å². The van der Waals surface area contributed by atoms with E-state index in [9.17, 15) is 4.79 Å². The van der Waals surface area contributed by atoms with E-state index in [4.69, 9.17) is 9.47 Å². The van der Waals surface area contributed by atoms with E-state index in [0.717, 1.165) is 10.8 Å². The van der Waals surface area contributed by atoms with E-state index in [0.29, 0.717) is 22.9 Å². The molecule has 3 rings (SSSR count). The monoisotopic (exact) mass is 322 g/mol. The number of benzene rings is 3. The number of carbonyl (C=O) groups excluding carboxylic acids is 1. The van der Waals surface area contributed by atoms with Crippen molar-refractivity contribution in [3.63, 3.8) is 0 Å². The predicted octanol–water partition coefficient (Wildman–Crippen LogP) is 4.50. The smallest absolute Gasteiger partial charge is 0.323 e. The number of carbonyl (C=O) groups is 1. The fraction of sp³-hybridized carbons (Fsp3) is 0.105. The number of ether oxygens (including phenoxy) is 2. The molecular formula is C19H18N2O3. The van der Waals surface area contributed by atoms with Gasteiger partial charge in [-0.2, -0.15) is 0 Å². The van der Waals surface area contributed by atoms with E-state index in [1.54, 1.807) is 32.4 Å². The van der Waals surface area contributed by atoms with E-state index in [1.807, 2.05) is 42.5 Å². The molecule has 5 nitrogen and oxygen atoms in total. The summed E-state index contributed by atoms with van der Waals surface area (Å²) in [5, 5.41) is 7.78. The molecule has 0 aromatic heterocycles. The summed E-state index contributed by atoms with van der Waals surface area (Å²) < 4.78 is 10.5. The maximum absolute atomic E-state index is 12.3. The lowest BCUT2D eigenvalue weighted by Crippen LogP contribution is -2.20. The lowest BCUT2D eigenvalue weighted by Gasteiger charge is -2.14. The maximum atomic E-state index is 12.3. The quantitative estimate of drug-likeness (QED) is 0.743. The minimum absolute atomic E-state index is 0.368. The van der Waals surface area contributed by atoms with Crippen molar-refractivity contribution >= 4 is 28.2 Å². The van der Waals surface area contributed by atoms with Crippen LogP contribution >= 0.6 is 0 Å². The molecule has 0 bridgehead atoms. The van der Waals surface area contributed by atoms with Gasteiger partial charge in [-0.25, -0.2) is 4.79 Å². The van der Waals surface area contributed by atoms with E-state index < -0.39 is 0 Å². The lowest BCUT2D eigenvalue weighted by atomic mass is 10.1. The average Bonchev–Trinajstić information content (AvgIpc) is 2.61. The molecule has 2 N–H and O–H groups in total. The van der Waals surface area contributed by atoms with Crippen molar-refractivity contribution in [2.45, 2.75) is 0 Å². The van der Waals surface area contributed by atoms with Crippen molar-refractivity contribution in [3.05, 3.63) is 60.7 Å². The molecule has 5 heteroatoms. The van der Waals surface area contributed by atoms with Crippen LogP contribution in [0, 0.1) is 0 Å². The topological polar surface area (TPSA) is 59.6 Å². The normalized spacial score (nSPS) is 10.2. The zero-order chi connectivity index (χ0) is 16.9. The third kappa shape index (κ3) is 3.25. The fourth-order valence-electron chi connectivity index (χ4n) is 2.52. The van der Waals surface area contributed by atoms with Gasteiger partial charge in [0.15, 0.2) is 0 Å². The first-order valence-corrected chi connectivity index (χ1v) is 7.49. The Morgan fingerprint density at radius 3 is 2.12 bits per heavy atom. The van der Waals surface area contributed by atoms with Crippen molar-refractivity contribution in [3.8, 4) is 11.5 Å². The van der Waals surface area contributed by atoms with Crippen LogP contribution in [0.25, 0.3) is 10.8 Å². The Labute approximate surface area is 140 Å². The molecule has 0 saturated heterocycles. The molecule has 0 heterocycles. The van der Waals surface area contributed by atoms with E-state index in [-0.39, 0.29) is 6.03 Å². The van der Waals surface area contributed by atoms with Gasteiger partial charge in [0.25, 0.3) is 0 Å². The Bertz CT molecular complexity index is 855. The van der Waals surface area contributed by atoms with Gasteiger partial charge in [0.05, 0.1) is 14.2 Å². The number of urea groups is 1. The van der Waals surface area contributed by atoms with Crippen LogP contribution in [-0.4, -0.2) is 20.3 Å². The third-order valence-corrected chi connectivity index (χ3v) is 3.67. The number of rotatable bonds is 4. The second kappa shape index (κ2) is 6.91. The molecule has 0 radical (unpaired) electrons. The molecule has 0 aliphatic rings. The molecule has 0 aliphatic carbocycles. The molecule has 0 fully saturated rings. The van der Waals surface area contributed by atoms with Crippen LogP contribution in [0.1, 0.15) is 0 Å². The number of nitrogens with one attached hydrogen (secondary N) is 2. The molecule has 3 aromatic rings. The Kier molecular flexibility index (Phi) is 4.52. The molecule has 0 aliphatic heterocycles. The number of para-hydroxylation sites is 1. The van der Waals surface area contributed by atoms with Gasteiger partial charge in [0, 0.05) is 5.69 Å². The first-order valence-electron chi connectivity index (χ1n) is 7.49. The van der Waals surface area contributed by atoms with Gasteiger partial charge >= 0.3 is 6.03 Å². The Balaban J connectivity index is 1.80. The molecule has 122 valence electrons. The third-order valence-electron chi connectivity index (χ3n) is 3.67. The number of anilines is 2. The van der Waals surface area contributed by atoms with Crippen molar-refractivity contribution in [1.82, 2.24) is 0 Å². The highest BCUT2D eigenvalue weighted by Gasteiger charge is 2.13. The van der Waals surface area contributed by atoms with Gasteiger partial charge in [-0.1, -0.05) is 36.4 Å². The van der Waals surface area contributed by atoms with Crippen LogP contribution < -0.4 is 20.1 Å². The summed E-state index contributed by atoms with van der Waals surface area (Å²) in [4.78, 5) is 12.3. The maximum Gasteiger partial charge on any atom is 0.323 e. The lowest BCUT2D eigenvalue weighted by molar-refractivity contribution is 0.262. The van der Waals surface area contributed by atoms with Crippen LogP contribution in [0.2, 0.25) is 0 Å². The Morgan fingerprint density at radius 1 is 0.792 bits per heavy atom. The highest BCUT2D eigenvalue weighted by Crippen LogP contribution is 2.34. The fourth-order valence-corrected chi connectivity index (χ4v) is 2.52. The highest BCUT2D eigenvalue weighted by atomic mass is 16.5. The van der Waals surface area contributed by atoms with Gasteiger partial charge in [0.2, 0.25) is 0 Å². The van der Waals surface area contributed by atoms with Gasteiger partial charge in [-0.3, -0.25) is 0 Å². The Hall–Kier alpha value is -3.21. The summed E-state index contributed by atoms with van der Waals surface area (Å²) in [7, 11) is 3.09. The van der Waals surface area contributed by atoms with E-state index in [1.165, 1.54) is 0 Å². The highest BCUT2D eigenvalue weighted by molar-refractivity contribution is 6.02. The molecule has 0 unspecified atom stereocenters. The van der Waals surface area contributed by atoms with Crippen molar-refractivity contribution in [1.29, 1.82) is 0 Å². The molecule has 0 atom stereocenters. The number of hydrogen-bond acceptors (Lipinski definition) is 3. The van der Waals surface area contributed by atoms with Crippen molar-refractivity contribution < 1.29 is 14.3 Å². The molecular weight excluding hydrogens is 304 g/mol. The average molecular weight is 322 g/mol. The SMILES string of the molecule is COc1cccc(OC)c1NC(=O)Nc1ccc2ccccc2c1. The predicted molar refractivity (Wildman–Crippen MR) is 96.1 cm³/mol. The Morgan fingerprint density at radius 2 is 1.46 bits per heavy atom. The summed E-state index contributed by atoms with van der Waals surface area (Å²) in [6.07, 6.45) is 0. The molecule has 2 amide bonds. The van der Waals surface area contributed by atoms with Crippen LogP contribution in [-0.2, 0) is 0 Å². The van der Waals surface area contributed by atoms with Gasteiger partial charge < -0.3 is 20.1 Å². The van der Waals surface area contributed by atoms with Crippen LogP contribution in [0.15, 0.2) is 60.7 Å². The summed E-state index contributed by atoms with van der Waals surface area (Å²) in [6, 6.07) is 18.7. The first kappa shape index (κ1) is 15.7. The second-order valence-electron chi connectivity index (χ2n) is 5.18. The standard InChI is InChI=1S/C19H18N2O3/c1-23-16-8-5-9-17(24-2)18(16)21-19(22)20-15-11-10-13-6-3-4-7-14(13)12-15/h3-12H,1-2H3,(H2,20,21,22). The number of amides is 2. The number of fused-ring (bicyclic) bond motifs is 1. The minimum atomic E-state index is -0.368. The van der Waals surface area contributed by atoms with Gasteiger partial charge in [-0.05, 0) is 35.0 Å². The number of methoxy groups -OCH3 is 2. The summed E-state index contributed by atoms with van der Waals surface area (Å²) in [5.74, 6) is 1.06. The zero-order valence-corrected chi connectivity index (χ0v) is 13.5. The molecule has 24 heavy (non-hydrogen) atoms. The van der Waals surface area contributed by atoms with Crippen LogP contribution in [0.3, 0.4) is 0 Å². The molecule has 0 saturated carbocycles. The van der Waals surface area contributed by atoms with Crippen LogP contribution in [0.4, 0.5) is 16.2 Å². The van der Waals surface area contributed by atoms with Gasteiger partial charge in [-0.15, -0.1) is 0 Å². The molecule has 3 aromatic carbocycles. The minimum Gasteiger partial charge on any atom is -0.494 e. The molecule has 0 spiro atoms.